The predicted molar refractivity (Wildman–Crippen MR) is 77.8 cm³/mol. The number of hydrogen-bond acceptors (Lipinski definition) is 4. The predicted octanol–water partition coefficient (Wildman–Crippen LogP) is 2.87. The molecule has 1 aliphatic carbocycles. The van der Waals surface area contributed by atoms with Crippen LogP contribution >= 0.6 is 11.3 Å². The van der Waals surface area contributed by atoms with E-state index in [1.54, 1.807) is 11.3 Å². The summed E-state index contributed by atoms with van der Waals surface area (Å²) in [6, 6.07) is 0.769. The summed E-state index contributed by atoms with van der Waals surface area (Å²) in [5, 5.41) is 6.95. The molecule has 4 heteroatoms. The molecular weight excluding hydrogens is 242 g/mol. The molecule has 1 atom stereocenters. The van der Waals surface area contributed by atoms with Gasteiger partial charge in [0.15, 0.2) is 0 Å². The molecule has 18 heavy (non-hydrogen) atoms. The molecule has 0 radical (unpaired) electrons. The third kappa shape index (κ3) is 4.67. The average molecular weight is 267 g/mol. The Morgan fingerprint density at radius 3 is 3.00 bits per heavy atom. The highest BCUT2D eigenvalue weighted by molar-refractivity contribution is 7.09. The second-order valence-corrected chi connectivity index (χ2v) is 6.54. The van der Waals surface area contributed by atoms with Gasteiger partial charge < -0.3 is 10.2 Å². The van der Waals surface area contributed by atoms with Gasteiger partial charge in [-0.25, -0.2) is 4.98 Å². The van der Waals surface area contributed by atoms with Crippen LogP contribution in [0.5, 0.6) is 0 Å². The molecule has 0 saturated heterocycles. The van der Waals surface area contributed by atoms with Crippen molar-refractivity contribution in [3.05, 3.63) is 16.1 Å². The maximum absolute atomic E-state index is 4.70. The van der Waals surface area contributed by atoms with E-state index in [4.69, 9.17) is 4.98 Å². The summed E-state index contributed by atoms with van der Waals surface area (Å²) in [5.41, 5.74) is 1.22. The van der Waals surface area contributed by atoms with Gasteiger partial charge in [-0.15, -0.1) is 11.3 Å². The quantitative estimate of drug-likeness (QED) is 0.785. The second kappa shape index (κ2) is 6.64. The molecule has 0 aromatic carbocycles. The summed E-state index contributed by atoms with van der Waals surface area (Å²) in [4.78, 5) is 7.07. The molecule has 1 aromatic rings. The van der Waals surface area contributed by atoms with Gasteiger partial charge in [0, 0.05) is 31.1 Å². The first-order valence-electron chi connectivity index (χ1n) is 7.02. The second-order valence-electron chi connectivity index (χ2n) is 5.60. The lowest BCUT2D eigenvalue weighted by Gasteiger charge is -2.19. The van der Waals surface area contributed by atoms with E-state index in [9.17, 15) is 0 Å². The largest absolute Gasteiger partial charge is 0.308 e. The molecule has 1 fully saturated rings. The Bertz CT molecular complexity index is 360. The fraction of sp³-hybridized carbons (Fsp3) is 0.786. The highest BCUT2D eigenvalue weighted by Gasteiger charge is 2.20. The van der Waals surface area contributed by atoms with Crippen molar-refractivity contribution in [2.45, 2.75) is 52.2 Å². The van der Waals surface area contributed by atoms with E-state index in [1.165, 1.54) is 30.0 Å². The third-order valence-corrected chi connectivity index (χ3v) is 4.37. The molecule has 0 amide bonds. The van der Waals surface area contributed by atoms with Crippen LogP contribution < -0.4 is 5.32 Å². The Kier molecular flexibility index (Phi) is 5.15. The number of nitrogens with zero attached hydrogens (tertiary/aromatic N) is 2. The molecule has 1 aromatic heterocycles. The van der Waals surface area contributed by atoms with Gasteiger partial charge in [-0.05, 0) is 25.8 Å². The van der Waals surface area contributed by atoms with Crippen molar-refractivity contribution >= 4 is 11.3 Å². The van der Waals surface area contributed by atoms with Crippen molar-refractivity contribution in [2.75, 3.05) is 13.6 Å². The SMILES string of the molecule is CCC(C)CN(C)Cc1csc(CNC2CC2)n1. The van der Waals surface area contributed by atoms with Crippen molar-refractivity contribution in [1.29, 1.82) is 0 Å². The van der Waals surface area contributed by atoms with Crippen LogP contribution in [-0.4, -0.2) is 29.5 Å². The lowest BCUT2D eigenvalue weighted by molar-refractivity contribution is 0.273. The Morgan fingerprint density at radius 1 is 1.56 bits per heavy atom. The van der Waals surface area contributed by atoms with Crippen LogP contribution in [0.2, 0.25) is 0 Å². The molecule has 102 valence electrons. The van der Waals surface area contributed by atoms with Gasteiger partial charge in [-0.1, -0.05) is 20.3 Å². The number of thiazole rings is 1. The Labute approximate surface area is 115 Å². The molecular formula is C14H25N3S. The van der Waals surface area contributed by atoms with Gasteiger partial charge in [0.25, 0.3) is 0 Å². The number of nitrogens with one attached hydrogen (secondary N) is 1. The van der Waals surface area contributed by atoms with E-state index >= 15 is 0 Å². The molecule has 3 nitrogen and oxygen atoms in total. The minimum atomic E-state index is 0.768. The number of rotatable bonds is 8. The van der Waals surface area contributed by atoms with Crippen molar-refractivity contribution in [3.8, 4) is 0 Å². The van der Waals surface area contributed by atoms with E-state index in [2.05, 4.69) is 36.5 Å². The molecule has 2 rings (SSSR count). The first kappa shape index (κ1) is 14.0. The first-order valence-corrected chi connectivity index (χ1v) is 7.90. The minimum absolute atomic E-state index is 0.768. The summed E-state index contributed by atoms with van der Waals surface area (Å²) in [5.74, 6) is 0.768. The highest BCUT2D eigenvalue weighted by atomic mass is 32.1. The molecule has 0 bridgehead atoms. The lowest BCUT2D eigenvalue weighted by atomic mass is 10.1. The highest BCUT2D eigenvalue weighted by Crippen LogP contribution is 2.20. The summed E-state index contributed by atoms with van der Waals surface area (Å²) in [7, 11) is 2.19. The average Bonchev–Trinajstić information content (AvgIpc) is 3.07. The van der Waals surface area contributed by atoms with Crippen molar-refractivity contribution in [3.63, 3.8) is 0 Å². The maximum atomic E-state index is 4.70. The van der Waals surface area contributed by atoms with Crippen LogP contribution in [0, 0.1) is 5.92 Å². The van der Waals surface area contributed by atoms with Crippen LogP contribution in [-0.2, 0) is 13.1 Å². The zero-order valence-corrected chi connectivity index (χ0v) is 12.6. The van der Waals surface area contributed by atoms with Gasteiger partial charge in [-0.2, -0.15) is 0 Å². The van der Waals surface area contributed by atoms with E-state index < -0.39 is 0 Å². The Balaban J connectivity index is 1.74. The maximum Gasteiger partial charge on any atom is 0.107 e. The van der Waals surface area contributed by atoms with Gasteiger partial charge >= 0.3 is 0 Å². The minimum Gasteiger partial charge on any atom is -0.308 e. The summed E-state index contributed by atoms with van der Waals surface area (Å²) < 4.78 is 0. The Morgan fingerprint density at radius 2 is 2.33 bits per heavy atom. The molecule has 1 unspecified atom stereocenters. The Hall–Kier alpha value is -0.450. The third-order valence-electron chi connectivity index (χ3n) is 3.47. The van der Waals surface area contributed by atoms with Gasteiger partial charge in [0.05, 0.1) is 5.69 Å². The lowest BCUT2D eigenvalue weighted by Crippen LogP contribution is -2.24. The molecule has 0 aliphatic heterocycles. The summed E-state index contributed by atoms with van der Waals surface area (Å²) in [6.45, 7) is 7.64. The molecule has 1 saturated carbocycles. The first-order chi connectivity index (χ1) is 8.67. The van der Waals surface area contributed by atoms with Crippen molar-refractivity contribution < 1.29 is 0 Å². The van der Waals surface area contributed by atoms with Gasteiger partial charge in [0.2, 0.25) is 0 Å². The fourth-order valence-electron chi connectivity index (χ4n) is 2.02. The summed E-state index contributed by atoms with van der Waals surface area (Å²) in [6.07, 6.45) is 3.93. The van der Waals surface area contributed by atoms with Crippen molar-refractivity contribution in [1.82, 2.24) is 15.2 Å². The zero-order chi connectivity index (χ0) is 13.0. The smallest absolute Gasteiger partial charge is 0.107 e. The normalized spacial score (nSPS) is 17.3. The van der Waals surface area contributed by atoms with Crippen LogP contribution in [0.4, 0.5) is 0 Å². The molecule has 0 spiro atoms. The van der Waals surface area contributed by atoms with Crippen LogP contribution in [0.1, 0.15) is 43.8 Å². The summed E-state index contributed by atoms with van der Waals surface area (Å²) >= 11 is 1.79. The number of aromatic nitrogens is 1. The van der Waals surface area contributed by atoms with E-state index in [1.807, 2.05) is 0 Å². The van der Waals surface area contributed by atoms with E-state index in [0.29, 0.717) is 0 Å². The van der Waals surface area contributed by atoms with Crippen LogP contribution in [0.25, 0.3) is 0 Å². The van der Waals surface area contributed by atoms with Gasteiger partial charge in [0.1, 0.15) is 5.01 Å². The molecule has 1 aliphatic rings. The zero-order valence-electron chi connectivity index (χ0n) is 11.8. The fourth-order valence-corrected chi connectivity index (χ4v) is 2.76. The van der Waals surface area contributed by atoms with Crippen LogP contribution in [0.3, 0.4) is 0 Å². The molecule has 1 N–H and O–H groups in total. The molecule has 1 heterocycles. The standard InChI is InChI=1S/C14H25N3S/c1-4-11(2)8-17(3)9-13-10-18-14(16-13)7-15-12-5-6-12/h10-12,15H,4-9H2,1-3H3. The van der Waals surface area contributed by atoms with Crippen LogP contribution in [0.15, 0.2) is 5.38 Å². The van der Waals surface area contributed by atoms with Gasteiger partial charge in [-0.3, -0.25) is 0 Å². The van der Waals surface area contributed by atoms with E-state index in [-0.39, 0.29) is 0 Å². The topological polar surface area (TPSA) is 28.2 Å². The monoisotopic (exact) mass is 267 g/mol. The van der Waals surface area contributed by atoms with E-state index in [0.717, 1.165) is 31.6 Å². The number of hydrogen-bond donors (Lipinski definition) is 1. The van der Waals surface area contributed by atoms with Crippen molar-refractivity contribution in [2.24, 2.45) is 5.92 Å².